The molecule has 0 saturated carbocycles. The first kappa shape index (κ1) is 14.2. The standard InChI is InChI=1S/C14H23N3O2/c1-14(2,3)13-15-11(9-19-4)5-12(16-13)17-6-10(7-17)8-18/h5,10,18H,6-9H2,1-4H3. The zero-order valence-electron chi connectivity index (χ0n) is 12.2. The van der Waals surface area contributed by atoms with Gasteiger partial charge in [0.2, 0.25) is 0 Å². The molecule has 19 heavy (non-hydrogen) atoms. The van der Waals surface area contributed by atoms with Crippen molar-refractivity contribution in [1.82, 2.24) is 9.97 Å². The average Bonchev–Trinajstić information content (AvgIpc) is 2.26. The minimum absolute atomic E-state index is 0.0836. The molecule has 0 atom stereocenters. The van der Waals surface area contributed by atoms with E-state index >= 15 is 0 Å². The molecule has 1 aromatic heterocycles. The van der Waals surface area contributed by atoms with E-state index < -0.39 is 0 Å². The number of aliphatic hydroxyl groups excluding tert-OH is 1. The van der Waals surface area contributed by atoms with Gasteiger partial charge >= 0.3 is 0 Å². The minimum atomic E-state index is -0.0836. The number of hydrogen-bond donors (Lipinski definition) is 1. The zero-order valence-corrected chi connectivity index (χ0v) is 12.2. The predicted molar refractivity (Wildman–Crippen MR) is 74.2 cm³/mol. The Bertz CT molecular complexity index is 437. The third kappa shape index (κ3) is 3.22. The monoisotopic (exact) mass is 265 g/mol. The minimum Gasteiger partial charge on any atom is -0.396 e. The topological polar surface area (TPSA) is 58.5 Å². The van der Waals surface area contributed by atoms with Gasteiger partial charge < -0.3 is 14.7 Å². The van der Waals surface area contributed by atoms with Gasteiger partial charge in [0.05, 0.1) is 12.3 Å². The van der Waals surface area contributed by atoms with Gasteiger partial charge in [-0.3, -0.25) is 0 Å². The van der Waals surface area contributed by atoms with Crippen LogP contribution in [0.1, 0.15) is 32.3 Å². The van der Waals surface area contributed by atoms with Gasteiger partial charge in [0, 0.05) is 44.2 Å². The van der Waals surface area contributed by atoms with Crippen molar-refractivity contribution in [2.45, 2.75) is 32.8 Å². The molecule has 1 N–H and O–H groups in total. The van der Waals surface area contributed by atoms with E-state index in [1.807, 2.05) is 6.07 Å². The molecule has 5 heteroatoms. The van der Waals surface area contributed by atoms with Crippen LogP contribution in [0.2, 0.25) is 0 Å². The molecule has 1 fully saturated rings. The number of ether oxygens (including phenoxy) is 1. The maximum Gasteiger partial charge on any atom is 0.136 e. The van der Waals surface area contributed by atoms with E-state index in [0.29, 0.717) is 12.5 Å². The lowest BCUT2D eigenvalue weighted by Crippen LogP contribution is -2.49. The summed E-state index contributed by atoms with van der Waals surface area (Å²) in [7, 11) is 1.67. The van der Waals surface area contributed by atoms with Crippen molar-refractivity contribution in [1.29, 1.82) is 0 Å². The van der Waals surface area contributed by atoms with Crippen LogP contribution in [-0.2, 0) is 16.8 Å². The van der Waals surface area contributed by atoms with Crippen molar-refractivity contribution in [2.24, 2.45) is 5.92 Å². The van der Waals surface area contributed by atoms with Gasteiger partial charge in [0.15, 0.2) is 0 Å². The van der Waals surface area contributed by atoms with Crippen molar-refractivity contribution < 1.29 is 9.84 Å². The van der Waals surface area contributed by atoms with E-state index in [9.17, 15) is 0 Å². The number of aromatic nitrogens is 2. The molecule has 106 valence electrons. The molecule has 0 spiro atoms. The van der Waals surface area contributed by atoms with Crippen LogP contribution >= 0.6 is 0 Å². The zero-order chi connectivity index (χ0) is 14.0. The number of rotatable bonds is 4. The van der Waals surface area contributed by atoms with Gasteiger partial charge in [-0.25, -0.2) is 9.97 Å². The molecule has 1 saturated heterocycles. The van der Waals surface area contributed by atoms with Crippen LogP contribution in [-0.4, -0.2) is 41.9 Å². The summed E-state index contributed by atoms with van der Waals surface area (Å²) in [6, 6.07) is 1.98. The fourth-order valence-corrected chi connectivity index (χ4v) is 2.07. The van der Waals surface area contributed by atoms with Crippen molar-refractivity contribution in [2.75, 3.05) is 31.7 Å². The van der Waals surface area contributed by atoms with Gasteiger partial charge in [-0.2, -0.15) is 0 Å². The molecule has 0 amide bonds. The quantitative estimate of drug-likeness (QED) is 0.890. The van der Waals surface area contributed by atoms with Gasteiger partial charge in [0.1, 0.15) is 11.6 Å². The predicted octanol–water partition coefficient (Wildman–Crippen LogP) is 1.35. The van der Waals surface area contributed by atoms with Crippen LogP contribution in [0.25, 0.3) is 0 Å². The SMILES string of the molecule is COCc1cc(N2CC(CO)C2)nc(C(C)(C)C)n1. The molecule has 5 nitrogen and oxygen atoms in total. The van der Waals surface area contributed by atoms with Crippen molar-refractivity contribution in [3.63, 3.8) is 0 Å². The summed E-state index contributed by atoms with van der Waals surface area (Å²) < 4.78 is 5.18. The van der Waals surface area contributed by atoms with Crippen LogP contribution in [0.4, 0.5) is 5.82 Å². The maximum atomic E-state index is 9.09. The van der Waals surface area contributed by atoms with E-state index in [4.69, 9.17) is 9.84 Å². The lowest BCUT2D eigenvalue weighted by molar-refractivity contribution is 0.180. The van der Waals surface area contributed by atoms with Crippen LogP contribution < -0.4 is 4.90 Å². The average molecular weight is 265 g/mol. The number of nitrogens with zero attached hydrogens (tertiary/aromatic N) is 3. The van der Waals surface area contributed by atoms with E-state index in [-0.39, 0.29) is 12.0 Å². The smallest absolute Gasteiger partial charge is 0.136 e. The Labute approximate surface area is 114 Å². The Balaban J connectivity index is 2.25. The molecular formula is C14H23N3O2. The number of anilines is 1. The highest BCUT2D eigenvalue weighted by Crippen LogP contribution is 2.26. The lowest BCUT2D eigenvalue weighted by atomic mass is 9.95. The van der Waals surface area contributed by atoms with Gasteiger partial charge in [0.25, 0.3) is 0 Å². The first-order valence-corrected chi connectivity index (χ1v) is 6.67. The Morgan fingerprint density at radius 1 is 1.37 bits per heavy atom. The van der Waals surface area contributed by atoms with Crippen molar-refractivity contribution in [3.05, 3.63) is 17.6 Å². The second-order valence-electron chi connectivity index (χ2n) is 6.18. The van der Waals surface area contributed by atoms with E-state index in [2.05, 4.69) is 35.6 Å². The fourth-order valence-electron chi connectivity index (χ4n) is 2.07. The molecule has 1 aliphatic rings. The molecule has 2 rings (SSSR count). The second-order valence-corrected chi connectivity index (χ2v) is 6.18. The highest BCUT2D eigenvalue weighted by Gasteiger charge is 2.29. The Kier molecular flexibility index (Phi) is 4.06. The molecular weight excluding hydrogens is 242 g/mol. The Hall–Kier alpha value is -1.20. The van der Waals surface area contributed by atoms with Crippen molar-refractivity contribution in [3.8, 4) is 0 Å². The van der Waals surface area contributed by atoms with Gasteiger partial charge in [-0.1, -0.05) is 20.8 Å². The van der Waals surface area contributed by atoms with E-state index in [1.54, 1.807) is 7.11 Å². The number of hydrogen-bond acceptors (Lipinski definition) is 5. The van der Waals surface area contributed by atoms with Crippen LogP contribution in [0.3, 0.4) is 0 Å². The summed E-state index contributed by atoms with van der Waals surface area (Å²) in [4.78, 5) is 11.4. The normalized spacial score (nSPS) is 16.6. The summed E-state index contributed by atoms with van der Waals surface area (Å²) in [6.45, 7) is 8.79. The molecule has 0 unspecified atom stereocenters. The van der Waals surface area contributed by atoms with E-state index in [1.165, 1.54) is 0 Å². The fraction of sp³-hybridized carbons (Fsp3) is 0.714. The molecule has 0 aliphatic carbocycles. The maximum absolute atomic E-state index is 9.09. The number of aliphatic hydroxyl groups is 1. The second kappa shape index (κ2) is 5.43. The summed E-state index contributed by atoms with van der Waals surface area (Å²) in [6.07, 6.45) is 0. The highest BCUT2D eigenvalue weighted by molar-refractivity contribution is 5.43. The molecule has 2 heterocycles. The molecule has 1 aromatic rings. The van der Waals surface area contributed by atoms with Gasteiger partial charge in [-0.05, 0) is 0 Å². The van der Waals surface area contributed by atoms with Gasteiger partial charge in [-0.15, -0.1) is 0 Å². The Morgan fingerprint density at radius 2 is 2.05 bits per heavy atom. The van der Waals surface area contributed by atoms with Crippen LogP contribution in [0.15, 0.2) is 6.07 Å². The highest BCUT2D eigenvalue weighted by atomic mass is 16.5. The molecule has 0 aromatic carbocycles. The first-order chi connectivity index (χ1) is 8.94. The van der Waals surface area contributed by atoms with Crippen LogP contribution in [0.5, 0.6) is 0 Å². The summed E-state index contributed by atoms with van der Waals surface area (Å²) in [5.41, 5.74) is 0.824. The first-order valence-electron chi connectivity index (χ1n) is 6.67. The number of methoxy groups -OCH3 is 1. The molecule has 1 aliphatic heterocycles. The summed E-state index contributed by atoms with van der Waals surface area (Å²) >= 11 is 0. The Morgan fingerprint density at radius 3 is 2.58 bits per heavy atom. The van der Waals surface area contributed by atoms with Crippen molar-refractivity contribution >= 4 is 5.82 Å². The summed E-state index contributed by atoms with van der Waals surface area (Å²) in [5, 5.41) is 9.09. The third-order valence-electron chi connectivity index (χ3n) is 3.27. The summed E-state index contributed by atoms with van der Waals surface area (Å²) in [5.74, 6) is 2.15. The lowest BCUT2D eigenvalue weighted by Gasteiger charge is -2.39. The third-order valence-corrected chi connectivity index (χ3v) is 3.27. The largest absolute Gasteiger partial charge is 0.396 e. The van der Waals surface area contributed by atoms with Crippen LogP contribution in [0, 0.1) is 5.92 Å². The molecule has 0 bridgehead atoms. The van der Waals surface area contributed by atoms with E-state index in [0.717, 1.165) is 30.4 Å². The molecule has 0 radical (unpaired) electrons.